The molecule has 3 heterocycles. The van der Waals surface area contributed by atoms with Crippen LogP contribution in [0.15, 0.2) is 28.6 Å². The average molecular weight is 385 g/mol. The van der Waals surface area contributed by atoms with Gasteiger partial charge in [0.05, 0.1) is 10.4 Å². The van der Waals surface area contributed by atoms with Crippen molar-refractivity contribution in [2.45, 2.75) is 23.0 Å². The summed E-state index contributed by atoms with van der Waals surface area (Å²) in [6.07, 6.45) is 10.6. The Balaban J connectivity index is 1.66. The quantitative estimate of drug-likeness (QED) is 0.655. The molecule has 7 nitrogen and oxygen atoms in total. The van der Waals surface area contributed by atoms with Gasteiger partial charge in [0.15, 0.2) is 27.3 Å². The number of aromatic amines is 1. The summed E-state index contributed by atoms with van der Waals surface area (Å²) in [5.74, 6) is 4.61. The third-order valence-corrected chi connectivity index (χ3v) is 6.87. The molecule has 0 atom stereocenters. The number of H-pyrrole nitrogens is 1. The minimum atomic E-state index is -3.26. The summed E-state index contributed by atoms with van der Waals surface area (Å²) >= 11 is 1.12. The number of sulfone groups is 1. The Labute approximate surface area is 154 Å². The van der Waals surface area contributed by atoms with Crippen LogP contribution in [0, 0.1) is 12.3 Å². The monoisotopic (exact) mass is 385 g/mol. The second-order valence-electron chi connectivity index (χ2n) is 6.10. The van der Waals surface area contributed by atoms with Gasteiger partial charge in [0, 0.05) is 30.1 Å². The van der Waals surface area contributed by atoms with Gasteiger partial charge < -0.3 is 5.32 Å². The third-order valence-electron chi connectivity index (χ3n) is 3.97. The molecule has 4 rings (SSSR count). The Morgan fingerprint density at radius 3 is 2.85 bits per heavy atom. The Morgan fingerprint density at radius 1 is 1.38 bits per heavy atom. The highest BCUT2D eigenvalue weighted by Gasteiger charge is 2.25. The van der Waals surface area contributed by atoms with Gasteiger partial charge in [-0.15, -0.1) is 17.8 Å². The first kappa shape index (κ1) is 16.8. The zero-order valence-electron chi connectivity index (χ0n) is 13.9. The predicted molar refractivity (Wildman–Crippen MR) is 100 cm³/mol. The van der Waals surface area contributed by atoms with Gasteiger partial charge in [-0.3, -0.25) is 5.10 Å². The molecular formula is C17H15N5O2S2. The molecule has 1 fully saturated rings. The number of aromatic nitrogens is 4. The number of nitrogens with one attached hydrogen (secondary N) is 2. The molecule has 9 heteroatoms. The van der Waals surface area contributed by atoms with Crippen molar-refractivity contribution in [3.8, 4) is 23.0 Å². The first-order valence-electron chi connectivity index (χ1n) is 7.90. The summed E-state index contributed by atoms with van der Waals surface area (Å²) in [7, 11) is -3.26. The summed E-state index contributed by atoms with van der Waals surface area (Å²) in [4.78, 5) is 9.38. The maximum atomic E-state index is 11.7. The largest absolute Gasteiger partial charge is 0.322 e. The van der Waals surface area contributed by atoms with Crippen molar-refractivity contribution in [3.05, 3.63) is 35.7 Å². The molecule has 0 amide bonds. The van der Waals surface area contributed by atoms with Crippen LogP contribution in [-0.2, 0) is 9.84 Å². The molecule has 1 saturated carbocycles. The van der Waals surface area contributed by atoms with E-state index in [1.165, 1.54) is 19.1 Å². The summed E-state index contributed by atoms with van der Waals surface area (Å²) < 4.78 is 23.6. The van der Waals surface area contributed by atoms with Gasteiger partial charge >= 0.3 is 0 Å². The number of hydrogen-bond acceptors (Lipinski definition) is 7. The molecular weight excluding hydrogens is 370 g/mol. The number of terminal acetylenes is 1. The van der Waals surface area contributed by atoms with Gasteiger partial charge in [-0.2, -0.15) is 5.10 Å². The van der Waals surface area contributed by atoms with Crippen molar-refractivity contribution in [2.24, 2.45) is 0 Å². The van der Waals surface area contributed by atoms with Crippen LogP contribution in [0.3, 0.4) is 0 Å². The maximum Gasteiger partial charge on any atom is 0.184 e. The van der Waals surface area contributed by atoms with Crippen LogP contribution in [0.2, 0.25) is 0 Å². The van der Waals surface area contributed by atoms with Crippen LogP contribution in [0.25, 0.3) is 10.7 Å². The Morgan fingerprint density at radius 2 is 2.19 bits per heavy atom. The number of nitrogens with zero attached hydrogens (tertiary/aromatic N) is 3. The van der Waals surface area contributed by atoms with E-state index in [2.05, 4.69) is 31.4 Å². The van der Waals surface area contributed by atoms with Crippen LogP contribution in [0.4, 0.5) is 11.6 Å². The van der Waals surface area contributed by atoms with Crippen molar-refractivity contribution in [1.29, 1.82) is 0 Å². The number of thiophene rings is 1. The summed E-state index contributed by atoms with van der Waals surface area (Å²) in [6, 6.07) is 5.19. The number of anilines is 2. The van der Waals surface area contributed by atoms with Crippen molar-refractivity contribution in [2.75, 3.05) is 11.6 Å². The lowest BCUT2D eigenvalue weighted by molar-refractivity contribution is 0.604. The fourth-order valence-electron chi connectivity index (χ4n) is 2.47. The summed E-state index contributed by atoms with van der Waals surface area (Å²) in [5, 5.41) is 10.4. The average Bonchev–Trinajstić information content (AvgIpc) is 3.14. The van der Waals surface area contributed by atoms with E-state index in [4.69, 9.17) is 6.42 Å². The third kappa shape index (κ3) is 3.34. The van der Waals surface area contributed by atoms with Crippen LogP contribution in [0.5, 0.6) is 0 Å². The standard InChI is InChI=1S/C17H15N5O2S2/c1-3-10-9-18-17(13-6-7-15(25-13)26(2,23)24)20-16(10)19-14-8-12(21-22-14)11-4-5-11/h1,6-9,11H,4-5H2,2H3,(H2,18,19,20,21,22). The Bertz CT molecular complexity index is 1120. The zero-order valence-corrected chi connectivity index (χ0v) is 15.5. The minimum Gasteiger partial charge on any atom is -0.322 e. The van der Waals surface area contributed by atoms with Crippen molar-refractivity contribution in [1.82, 2.24) is 20.2 Å². The molecule has 3 aromatic rings. The number of rotatable bonds is 5. The van der Waals surface area contributed by atoms with E-state index in [1.807, 2.05) is 6.07 Å². The second-order valence-corrected chi connectivity index (χ2v) is 9.43. The van der Waals surface area contributed by atoms with Crippen molar-refractivity contribution in [3.63, 3.8) is 0 Å². The lowest BCUT2D eigenvalue weighted by Crippen LogP contribution is -2.00. The molecule has 0 radical (unpaired) electrons. The van der Waals surface area contributed by atoms with E-state index < -0.39 is 9.84 Å². The Kier molecular flexibility index (Phi) is 4.01. The van der Waals surface area contributed by atoms with Gasteiger partial charge in [0.2, 0.25) is 0 Å². The lowest BCUT2D eigenvalue weighted by Gasteiger charge is -2.06. The van der Waals surface area contributed by atoms with Gasteiger partial charge in [-0.1, -0.05) is 5.92 Å². The fraction of sp³-hybridized carbons (Fsp3) is 0.235. The first-order chi connectivity index (χ1) is 12.4. The van der Waals surface area contributed by atoms with Crippen LogP contribution in [0.1, 0.15) is 30.0 Å². The van der Waals surface area contributed by atoms with Crippen molar-refractivity contribution < 1.29 is 8.42 Å². The summed E-state index contributed by atoms with van der Waals surface area (Å²) in [5.41, 5.74) is 1.60. The van der Waals surface area contributed by atoms with Gasteiger partial charge in [0.1, 0.15) is 4.21 Å². The maximum absolute atomic E-state index is 11.7. The molecule has 1 aliphatic rings. The molecule has 0 saturated heterocycles. The van der Waals surface area contributed by atoms with E-state index in [0.717, 1.165) is 17.0 Å². The zero-order chi connectivity index (χ0) is 18.3. The van der Waals surface area contributed by atoms with Crippen LogP contribution in [-0.4, -0.2) is 34.8 Å². The van der Waals surface area contributed by atoms with Crippen LogP contribution < -0.4 is 5.32 Å². The van der Waals surface area contributed by atoms with Crippen molar-refractivity contribution >= 4 is 32.8 Å². The molecule has 0 aliphatic heterocycles. The second kappa shape index (κ2) is 6.23. The predicted octanol–water partition coefficient (Wildman–Crippen LogP) is 2.93. The molecule has 26 heavy (non-hydrogen) atoms. The highest BCUT2D eigenvalue weighted by atomic mass is 32.2. The topological polar surface area (TPSA) is 101 Å². The highest BCUT2D eigenvalue weighted by molar-refractivity contribution is 7.92. The number of hydrogen-bond donors (Lipinski definition) is 2. The first-order valence-corrected chi connectivity index (χ1v) is 10.6. The van der Waals surface area contributed by atoms with Gasteiger partial charge in [-0.05, 0) is 25.0 Å². The highest BCUT2D eigenvalue weighted by Crippen LogP contribution is 2.39. The van der Waals surface area contributed by atoms with Gasteiger partial charge in [-0.25, -0.2) is 18.4 Å². The lowest BCUT2D eigenvalue weighted by atomic mass is 10.3. The van der Waals surface area contributed by atoms with Crippen LogP contribution >= 0.6 is 11.3 Å². The smallest absolute Gasteiger partial charge is 0.184 e. The molecule has 0 unspecified atom stereocenters. The molecule has 1 aliphatic carbocycles. The van der Waals surface area contributed by atoms with Gasteiger partial charge in [0.25, 0.3) is 0 Å². The molecule has 2 N–H and O–H groups in total. The van der Waals surface area contributed by atoms with E-state index >= 15 is 0 Å². The molecule has 0 aromatic carbocycles. The molecule has 0 bridgehead atoms. The van der Waals surface area contributed by atoms with E-state index in [9.17, 15) is 8.42 Å². The van der Waals surface area contributed by atoms with E-state index in [1.54, 1.807) is 18.3 Å². The van der Waals surface area contributed by atoms with E-state index in [-0.39, 0.29) is 4.21 Å². The normalized spacial score (nSPS) is 14.2. The minimum absolute atomic E-state index is 0.271. The SMILES string of the molecule is C#Cc1cnc(-c2ccc(S(C)(=O)=O)s2)nc1Nc1cc(C2CC2)[nH]n1. The van der Waals surface area contributed by atoms with E-state index in [0.29, 0.717) is 33.8 Å². The molecule has 3 aromatic heterocycles. The Hall–Kier alpha value is -2.70. The summed E-state index contributed by atoms with van der Waals surface area (Å²) in [6.45, 7) is 0. The fourth-order valence-corrected chi connectivity index (χ4v) is 4.34. The molecule has 132 valence electrons. The molecule has 0 spiro atoms.